The molecule has 0 fully saturated rings. The second-order valence-corrected chi connectivity index (χ2v) is 2.97. The normalized spacial score (nSPS) is 10.1. The van der Waals surface area contributed by atoms with Crippen LogP contribution in [0.25, 0.3) is 0 Å². The minimum absolute atomic E-state index is 0.142. The number of benzene rings is 1. The van der Waals surface area contributed by atoms with Crippen molar-refractivity contribution in [2.45, 2.75) is 13.3 Å². The topological polar surface area (TPSA) is 37.3 Å². The molecule has 0 spiro atoms. The summed E-state index contributed by atoms with van der Waals surface area (Å²) in [6.07, 6.45) is 0.278. The molecule has 0 aliphatic carbocycles. The van der Waals surface area contributed by atoms with Gasteiger partial charge in [-0.3, -0.25) is 4.79 Å². The van der Waals surface area contributed by atoms with Gasteiger partial charge in [0, 0.05) is 12.0 Å². The van der Waals surface area contributed by atoms with Gasteiger partial charge in [0.2, 0.25) is 0 Å². The first-order valence-corrected chi connectivity index (χ1v) is 4.15. The zero-order valence-corrected chi connectivity index (χ0v) is 7.73. The van der Waals surface area contributed by atoms with Crippen LogP contribution in [0.5, 0.6) is 5.75 Å². The lowest BCUT2D eigenvalue weighted by Crippen LogP contribution is -1.97. The van der Waals surface area contributed by atoms with Crippen molar-refractivity contribution in [2.75, 3.05) is 0 Å². The Morgan fingerprint density at radius 1 is 1.62 bits per heavy atom. The maximum Gasteiger partial charge on any atom is 0.170 e. The SMILES string of the molecule is CCC(=O)c1cc(F)c(O)c(Cl)c1. The lowest BCUT2D eigenvalue weighted by Gasteiger charge is -2.02. The number of carbonyl (C=O) groups excluding carboxylic acids is 1. The third kappa shape index (κ3) is 1.98. The van der Waals surface area contributed by atoms with E-state index in [1.165, 1.54) is 6.07 Å². The second kappa shape index (κ2) is 3.75. The molecule has 1 rings (SSSR count). The van der Waals surface area contributed by atoms with Crippen molar-refractivity contribution in [3.05, 3.63) is 28.5 Å². The molecule has 13 heavy (non-hydrogen) atoms. The average molecular weight is 203 g/mol. The van der Waals surface area contributed by atoms with Crippen molar-refractivity contribution in [3.8, 4) is 5.75 Å². The van der Waals surface area contributed by atoms with Crippen LogP contribution in [0.3, 0.4) is 0 Å². The largest absolute Gasteiger partial charge is 0.504 e. The number of aromatic hydroxyl groups is 1. The summed E-state index contributed by atoms with van der Waals surface area (Å²) in [4.78, 5) is 11.1. The Kier molecular flexibility index (Phi) is 2.88. The maximum absolute atomic E-state index is 12.9. The summed E-state index contributed by atoms with van der Waals surface area (Å²) in [5.74, 6) is -1.69. The molecule has 1 N–H and O–H groups in total. The molecule has 0 aromatic heterocycles. The molecule has 0 aliphatic heterocycles. The fraction of sp³-hybridized carbons (Fsp3) is 0.222. The molecule has 0 bridgehead atoms. The van der Waals surface area contributed by atoms with Gasteiger partial charge in [-0.2, -0.15) is 0 Å². The maximum atomic E-state index is 12.9. The van der Waals surface area contributed by atoms with Crippen LogP contribution >= 0.6 is 11.6 Å². The zero-order chi connectivity index (χ0) is 10.0. The first-order chi connectivity index (χ1) is 6.06. The van der Waals surface area contributed by atoms with Gasteiger partial charge in [-0.05, 0) is 12.1 Å². The molecular formula is C9H8ClFO2. The summed E-state index contributed by atoms with van der Waals surface area (Å²) in [5, 5.41) is 8.83. The molecule has 0 radical (unpaired) electrons. The van der Waals surface area contributed by atoms with Crippen LogP contribution < -0.4 is 0 Å². The average Bonchev–Trinajstić information content (AvgIpc) is 2.12. The summed E-state index contributed by atoms with van der Waals surface area (Å²) >= 11 is 5.48. The van der Waals surface area contributed by atoms with Gasteiger partial charge in [0.1, 0.15) is 0 Å². The van der Waals surface area contributed by atoms with Gasteiger partial charge in [-0.25, -0.2) is 4.39 Å². The van der Waals surface area contributed by atoms with Crippen molar-refractivity contribution < 1.29 is 14.3 Å². The van der Waals surface area contributed by atoms with Gasteiger partial charge >= 0.3 is 0 Å². The Labute approximate surface area is 80.0 Å². The zero-order valence-electron chi connectivity index (χ0n) is 6.97. The number of ketones is 1. The molecule has 0 heterocycles. The van der Waals surface area contributed by atoms with E-state index in [2.05, 4.69) is 0 Å². The standard InChI is InChI=1S/C9H8ClFO2/c1-2-8(12)5-3-6(10)9(13)7(11)4-5/h3-4,13H,2H2,1H3. The molecule has 4 heteroatoms. The quantitative estimate of drug-likeness (QED) is 0.749. The number of carbonyl (C=O) groups is 1. The first-order valence-electron chi connectivity index (χ1n) is 3.77. The Hall–Kier alpha value is -1.09. The number of hydrogen-bond donors (Lipinski definition) is 1. The number of Topliss-reactive ketones (excluding diaryl/α,β-unsaturated/α-hetero) is 1. The van der Waals surface area contributed by atoms with Gasteiger partial charge < -0.3 is 5.11 Å². The highest BCUT2D eigenvalue weighted by molar-refractivity contribution is 6.32. The fourth-order valence-corrected chi connectivity index (χ4v) is 1.14. The molecule has 0 saturated heterocycles. The van der Waals surface area contributed by atoms with Gasteiger partial charge in [0.05, 0.1) is 5.02 Å². The van der Waals surface area contributed by atoms with Crippen molar-refractivity contribution in [2.24, 2.45) is 0 Å². The van der Waals surface area contributed by atoms with Crippen LogP contribution in [0.1, 0.15) is 23.7 Å². The highest BCUT2D eigenvalue weighted by Gasteiger charge is 2.11. The number of hydrogen-bond acceptors (Lipinski definition) is 2. The van der Waals surface area contributed by atoms with E-state index < -0.39 is 11.6 Å². The molecule has 0 amide bonds. The molecular weight excluding hydrogens is 195 g/mol. The van der Waals surface area contributed by atoms with Crippen LogP contribution in [0, 0.1) is 5.82 Å². The van der Waals surface area contributed by atoms with Crippen molar-refractivity contribution >= 4 is 17.4 Å². The molecule has 1 aromatic rings. The fourth-order valence-electron chi connectivity index (χ4n) is 0.931. The highest BCUT2D eigenvalue weighted by atomic mass is 35.5. The summed E-state index contributed by atoms with van der Waals surface area (Å²) in [6.45, 7) is 1.67. The monoisotopic (exact) mass is 202 g/mol. The third-order valence-corrected chi connectivity index (χ3v) is 1.95. The van der Waals surface area contributed by atoms with E-state index in [0.29, 0.717) is 0 Å². The van der Waals surface area contributed by atoms with Gasteiger partial charge in [-0.15, -0.1) is 0 Å². The first kappa shape index (κ1) is 9.99. The molecule has 0 unspecified atom stereocenters. The predicted octanol–water partition coefficient (Wildman–Crippen LogP) is 2.78. The second-order valence-electron chi connectivity index (χ2n) is 2.57. The van der Waals surface area contributed by atoms with Gasteiger partial charge in [0.15, 0.2) is 17.3 Å². The molecule has 0 atom stereocenters. The van der Waals surface area contributed by atoms with E-state index in [0.717, 1.165) is 6.07 Å². The lowest BCUT2D eigenvalue weighted by atomic mass is 10.1. The smallest absolute Gasteiger partial charge is 0.170 e. The van der Waals surface area contributed by atoms with Crippen molar-refractivity contribution in [1.82, 2.24) is 0 Å². The van der Waals surface area contributed by atoms with Gasteiger partial charge in [-0.1, -0.05) is 18.5 Å². The molecule has 0 saturated carbocycles. The van der Waals surface area contributed by atoms with E-state index in [-0.39, 0.29) is 22.8 Å². The Balaban J connectivity index is 3.20. The van der Waals surface area contributed by atoms with Crippen LogP contribution in [-0.2, 0) is 0 Å². The Morgan fingerprint density at radius 2 is 2.23 bits per heavy atom. The van der Waals surface area contributed by atoms with E-state index in [1.807, 2.05) is 0 Å². The van der Waals surface area contributed by atoms with Crippen LogP contribution in [0.4, 0.5) is 4.39 Å². The van der Waals surface area contributed by atoms with E-state index >= 15 is 0 Å². The van der Waals surface area contributed by atoms with E-state index in [4.69, 9.17) is 16.7 Å². The molecule has 70 valence electrons. The van der Waals surface area contributed by atoms with Crippen LogP contribution in [0.15, 0.2) is 12.1 Å². The summed E-state index contributed by atoms with van der Waals surface area (Å²) in [7, 11) is 0. The van der Waals surface area contributed by atoms with E-state index in [9.17, 15) is 9.18 Å². The summed E-state index contributed by atoms with van der Waals surface area (Å²) < 4.78 is 12.9. The summed E-state index contributed by atoms with van der Waals surface area (Å²) in [5.41, 5.74) is 0.183. The number of phenolic OH excluding ortho intramolecular Hbond substituents is 1. The number of rotatable bonds is 2. The van der Waals surface area contributed by atoms with E-state index in [1.54, 1.807) is 6.92 Å². The summed E-state index contributed by atoms with van der Waals surface area (Å²) in [6, 6.07) is 2.23. The highest BCUT2D eigenvalue weighted by Crippen LogP contribution is 2.27. The van der Waals surface area contributed by atoms with Crippen LogP contribution in [0.2, 0.25) is 5.02 Å². The predicted molar refractivity (Wildman–Crippen MR) is 47.7 cm³/mol. The van der Waals surface area contributed by atoms with Crippen LogP contribution in [-0.4, -0.2) is 10.9 Å². The van der Waals surface area contributed by atoms with Crippen molar-refractivity contribution in [1.29, 1.82) is 0 Å². The number of halogens is 2. The lowest BCUT2D eigenvalue weighted by molar-refractivity contribution is 0.0987. The molecule has 1 aromatic carbocycles. The minimum atomic E-state index is -0.871. The molecule has 2 nitrogen and oxygen atoms in total. The molecule has 0 aliphatic rings. The number of phenols is 1. The van der Waals surface area contributed by atoms with Crippen molar-refractivity contribution in [3.63, 3.8) is 0 Å². The minimum Gasteiger partial charge on any atom is -0.504 e. The van der Waals surface area contributed by atoms with Gasteiger partial charge in [0.25, 0.3) is 0 Å². The Bertz CT molecular complexity index is 326. The third-order valence-electron chi connectivity index (χ3n) is 1.66. The Morgan fingerprint density at radius 3 is 2.69 bits per heavy atom.